The van der Waals surface area contributed by atoms with Crippen LogP contribution in [-0.2, 0) is 21.0 Å². The Hall–Kier alpha value is -2.55. The van der Waals surface area contributed by atoms with E-state index in [4.69, 9.17) is 5.11 Å². The molecule has 0 bridgehead atoms. The topological polar surface area (TPSA) is 74.7 Å². The van der Waals surface area contributed by atoms with E-state index in [0.29, 0.717) is 0 Å². The number of aliphatic carboxylic acids is 1. The van der Waals surface area contributed by atoms with Crippen molar-refractivity contribution in [2.45, 2.75) is 30.8 Å². The van der Waals surface area contributed by atoms with E-state index in [1.165, 1.54) is 18.2 Å². The van der Waals surface area contributed by atoms with E-state index in [0.717, 1.165) is 28.1 Å². The maximum absolute atomic E-state index is 13.0. The van der Waals surface area contributed by atoms with Gasteiger partial charge in [0.15, 0.2) is 0 Å². The molecule has 9 heteroatoms. The number of anilines is 1. The van der Waals surface area contributed by atoms with Crippen LogP contribution in [0.3, 0.4) is 0 Å². The molecule has 0 atom stereocenters. The van der Waals surface area contributed by atoms with Crippen molar-refractivity contribution in [3.05, 3.63) is 59.7 Å². The molecule has 0 aliphatic rings. The zero-order valence-corrected chi connectivity index (χ0v) is 15.2. The largest absolute Gasteiger partial charge is 0.481 e. The highest BCUT2D eigenvalue weighted by atomic mass is 32.2. The summed E-state index contributed by atoms with van der Waals surface area (Å²) in [6.07, 6.45) is -4.98. The number of alkyl halides is 3. The van der Waals surface area contributed by atoms with Crippen molar-refractivity contribution in [3.8, 4) is 0 Å². The third-order valence-corrected chi connectivity index (χ3v) is 5.66. The van der Waals surface area contributed by atoms with Crippen LogP contribution < -0.4 is 4.31 Å². The van der Waals surface area contributed by atoms with Gasteiger partial charge in [0.25, 0.3) is 10.0 Å². The van der Waals surface area contributed by atoms with Gasteiger partial charge in [-0.1, -0.05) is 23.8 Å². The van der Waals surface area contributed by atoms with E-state index >= 15 is 0 Å². The number of nitrogens with zero attached hydrogens (tertiary/aromatic N) is 1. The summed E-state index contributed by atoms with van der Waals surface area (Å²) in [5, 5.41) is 8.78. The van der Waals surface area contributed by atoms with Crippen LogP contribution in [0.15, 0.2) is 53.4 Å². The Kier molecular flexibility index (Phi) is 6.15. The van der Waals surface area contributed by atoms with Crippen molar-refractivity contribution in [2.24, 2.45) is 0 Å². The molecule has 0 spiro atoms. The fourth-order valence-electron chi connectivity index (χ4n) is 2.44. The van der Waals surface area contributed by atoms with Crippen molar-refractivity contribution in [2.75, 3.05) is 10.8 Å². The molecule has 0 heterocycles. The first-order chi connectivity index (χ1) is 12.5. The Morgan fingerprint density at radius 2 is 1.74 bits per heavy atom. The van der Waals surface area contributed by atoms with Gasteiger partial charge in [0.1, 0.15) is 0 Å². The highest BCUT2D eigenvalue weighted by Gasteiger charge is 2.32. The third kappa shape index (κ3) is 5.22. The predicted octanol–water partition coefficient (Wildman–Crippen LogP) is 4.07. The third-order valence-electron chi connectivity index (χ3n) is 3.82. The Bertz CT molecular complexity index is 909. The Labute approximate surface area is 155 Å². The summed E-state index contributed by atoms with van der Waals surface area (Å²) in [4.78, 5) is 10.7. The summed E-state index contributed by atoms with van der Waals surface area (Å²) < 4.78 is 65.8. The second-order valence-corrected chi connectivity index (χ2v) is 7.80. The van der Waals surface area contributed by atoms with Crippen LogP contribution in [0, 0.1) is 6.92 Å². The van der Waals surface area contributed by atoms with E-state index in [1.54, 1.807) is 19.1 Å². The minimum absolute atomic E-state index is 0.0450. The van der Waals surface area contributed by atoms with E-state index in [-0.39, 0.29) is 30.0 Å². The molecule has 5 nitrogen and oxygen atoms in total. The molecule has 146 valence electrons. The second-order valence-electron chi connectivity index (χ2n) is 5.94. The van der Waals surface area contributed by atoms with Crippen LogP contribution >= 0.6 is 0 Å². The maximum atomic E-state index is 13.0. The van der Waals surface area contributed by atoms with E-state index in [9.17, 15) is 26.4 Å². The SMILES string of the molecule is Cc1ccc(S(=O)(=O)N(CCCC(=O)O)c2cccc(C(F)(F)F)c2)cc1. The molecule has 0 fully saturated rings. The van der Waals surface area contributed by atoms with Gasteiger partial charge in [-0.05, 0) is 43.7 Å². The Morgan fingerprint density at radius 3 is 2.30 bits per heavy atom. The monoisotopic (exact) mass is 401 g/mol. The number of sulfonamides is 1. The van der Waals surface area contributed by atoms with Crippen molar-refractivity contribution < 1.29 is 31.5 Å². The van der Waals surface area contributed by atoms with Crippen LogP contribution in [0.1, 0.15) is 24.0 Å². The van der Waals surface area contributed by atoms with Gasteiger partial charge in [0, 0.05) is 13.0 Å². The smallest absolute Gasteiger partial charge is 0.416 e. The quantitative estimate of drug-likeness (QED) is 0.759. The Morgan fingerprint density at radius 1 is 1.11 bits per heavy atom. The molecule has 2 aromatic rings. The van der Waals surface area contributed by atoms with Crippen LogP contribution in [0.2, 0.25) is 0 Å². The van der Waals surface area contributed by atoms with Crippen molar-refractivity contribution in [1.29, 1.82) is 0 Å². The number of aryl methyl sites for hydroxylation is 1. The first-order valence-corrected chi connectivity index (χ1v) is 9.44. The van der Waals surface area contributed by atoms with Gasteiger partial charge < -0.3 is 5.11 Å². The van der Waals surface area contributed by atoms with E-state index in [2.05, 4.69) is 0 Å². The average Bonchev–Trinajstić information content (AvgIpc) is 2.58. The number of carboxylic acid groups (broad SMARTS) is 1. The summed E-state index contributed by atoms with van der Waals surface area (Å²) >= 11 is 0. The summed E-state index contributed by atoms with van der Waals surface area (Å²) in [7, 11) is -4.16. The molecule has 0 saturated carbocycles. The van der Waals surface area contributed by atoms with E-state index in [1.807, 2.05) is 0 Å². The summed E-state index contributed by atoms with van der Waals surface area (Å²) in [6.45, 7) is 1.51. The lowest BCUT2D eigenvalue weighted by atomic mass is 10.2. The molecule has 0 radical (unpaired) electrons. The lowest BCUT2D eigenvalue weighted by Gasteiger charge is -2.25. The molecule has 0 aromatic heterocycles. The van der Waals surface area contributed by atoms with Gasteiger partial charge in [-0.15, -0.1) is 0 Å². The molecule has 1 N–H and O–H groups in total. The molecule has 0 aliphatic carbocycles. The summed E-state index contributed by atoms with van der Waals surface area (Å²) in [6, 6.07) is 9.84. The molecular formula is C18H18F3NO4S. The van der Waals surface area contributed by atoms with Crippen LogP contribution in [0.5, 0.6) is 0 Å². The molecular weight excluding hydrogens is 383 g/mol. The number of benzene rings is 2. The van der Waals surface area contributed by atoms with E-state index < -0.39 is 27.7 Å². The zero-order chi connectivity index (χ0) is 20.2. The Balaban J connectivity index is 2.48. The number of hydrogen-bond donors (Lipinski definition) is 1. The number of hydrogen-bond acceptors (Lipinski definition) is 3. The average molecular weight is 401 g/mol. The van der Waals surface area contributed by atoms with Gasteiger partial charge in [0.05, 0.1) is 16.1 Å². The number of carbonyl (C=O) groups is 1. The molecule has 2 aromatic carbocycles. The number of halogens is 3. The standard InChI is InChI=1S/C18H18F3NO4S/c1-13-7-9-16(10-8-13)27(25,26)22(11-3-6-17(23)24)15-5-2-4-14(12-15)18(19,20)21/h2,4-5,7-10,12H,3,6,11H2,1H3,(H,23,24). The van der Waals surface area contributed by atoms with Gasteiger partial charge in [-0.2, -0.15) is 13.2 Å². The summed E-state index contributed by atoms with van der Waals surface area (Å²) in [5.41, 5.74) is -0.330. The van der Waals surface area contributed by atoms with Crippen LogP contribution in [-0.4, -0.2) is 26.0 Å². The number of carboxylic acids is 1. The first-order valence-electron chi connectivity index (χ1n) is 8.00. The number of rotatable bonds is 7. The minimum Gasteiger partial charge on any atom is -0.481 e. The van der Waals surface area contributed by atoms with Gasteiger partial charge in [-0.3, -0.25) is 9.10 Å². The highest BCUT2D eigenvalue weighted by Crippen LogP contribution is 2.33. The summed E-state index contributed by atoms with van der Waals surface area (Å²) in [5.74, 6) is -1.12. The fourth-order valence-corrected chi connectivity index (χ4v) is 3.93. The van der Waals surface area contributed by atoms with Crippen LogP contribution in [0.4, 0.5) is 18.9 Å². The first kappa shape index (κ1) is 20.8. The lowest BCUT2D eigenvalue weighted by molar-refractivity contribution is -0.138. The molecule has 2 rings (SSSR count). The van der Waals surface area contributed by atoms with Gasteiger partial charge >= 0.3 is 12.1 Å². The van der Waals surface area contributed by atoms with Gasteiger partial charge in [0.2, 0.25) is 0 Å². The predicted molar refractivity (Wildman–Crippen MR) is 94.0 cm³/mol. The maximum Gasteiger partial charge on any atom is 0.416 e. The normalized spacial score (nSPS) is 12.0. The fraction of sp³-hybridized carbons (Fsp3) is 0.278. The van der Waals surface area contributed by atoms with Crippen molar-refractivity contribution in [1.82, 2.24) is 0 Å². The minimum atomic E-state index is -4.63. The van der Waals surface area contributed by atoms with Crippen LogP contribution in [0.25, 0.3) is 0 Å². The molecule has 0 saturated heterocycles. The highest BCUT2D eigenvalue weighted by molar-refractivity contribution is 7.92. The van der Waals surface area contributed by atoms with Crippen molar-refractivity contribution >= 4 is 21.7 Å². The molecule has 27 heavy (non-hydrogen) atoms. The lowest BCUT2D eigenvalue weighted by Crippen LogP contribution is -2.32. The second kappa shape index (κ2) is 7.99. The molecule has 0 aliphatic heterocycles. The molecule has 0 unspecified atom stereocenters. The molecule has 0 amide bonds. The zero-order valence-electron chi connectivity index (χ0n) is 14.4. The van der Waals surface area contributed by atoms with Gasteiger partial charge in [-0.25, -0.2) is 8.42 Å². The van der Waals surface area contributed by atoms with Crippen molar-refractivity contribution in [3.63, 3.8) is 0 Å².